The molecule has 2 aliphatic carbocycles. The summed E-state index contributed by atoms with van der Waals surface area (Å²) < 4.78 is 21.5. The van der Waals surface area contributed by atoms with Gasteiger partial charge in [-0.3, -0.25) is 0 Å². The lowest BCUT2D eigenvalue weighted by Gasteiger charge is -2.28. The van der Waals surface area contributed by atoms with Crippen LogP contribution in [0.3, 0.4) is 0 Å². The molecule has 0 amide bonds. The fraction of sp³-hybridized carbons (Fsp3) is 0.0625. The van der Waals surface area contributed by atoms with Gasteiger partial charge in [0.1, 0.15) is 22.3 Å². The lowest BCUT2D eigenvalue weighted by molar-refractivity contribution is 0.660. The minimum Gasteiger partial charge on any atom is -0.456 e. The van der Waals surface area contributed by atoms with Crippen molar-refractivity contribution in [3.63, 3.8) is 0 Å². The third-order valence-corrected chi connectivity index (χ3v) is 22.4. The smallest absolute Gasteiger partial charge is 0.160 e. The molecule has 5 nitrogen and oxygen atoms in total. The molecular weight excluding hydrogens is 1230 g/mol. The number of nitrogens with zero attached hydrogens (tertiary/aromatic N) is 2. The van der Waals surface area contributed by atoms with Crippen LogP contribution in [0.5, 0.6) is 0 Å². The van der Waals surface area contributed by atoms with Gasteiger partial charge in [-0.25, -0.2) is 0 Å². The van der Waals surface area contributed by atoms with Crippen LogP contribution in [-0.4, -0.2) is 0 Å². The van der Waals surface area contributed by atoms with Gasteiger partial charge in [-0.05, 0) is 190 Å². The van der Waals surface area contributed by atoms with E-state index in [9.17, 15) is 0 Å². The number of hydrogen-bond donors (Lipinski definition) is 0. The van der Waals surface area contributed by atoms with E-state index in [4.69, 9.17) is 13.3 Å². The third kappa shape index (κ3) is 8.50. The van der Waals surface area contributed by atoms with Crippen molar-refractivity contribution in [2.45, 2.75) is 38.5 Å². The molecule has 101 heavy (non-hydrogen) atoms. The molecule has 0 N–H and O–H groups in total. The van der Waals surface area contributed by atoms with Crippen molar-refractivity contribution in [3.8, 4) is 55.6 Å². The number of benzene rings is 16. The van der Waals surface area contributed by atoms with Gasteiger partial charge < -0.3 is 23.1 Å². The number of anilines is 6. The molecule has 16 aromatic carbocycles. The fourth-order valence-electron chi connectivity index (χ4n) is 17.4. The van der Waals surface area contributed by atoms with Crippen LogP contribution in [0.2, 0.25) is 0 Å². The lowest BCUT2D eigenvalue weighted by atomic mass is 9.81. The fourth-order valence-corrected chi connectivity index (χ4v) is 17.4. The maximum absolute atomic E-state index is 7.51. The van der Waals surface area contributed by atoms with Gasteiger partial charge in [-0.2, -0.15) is 0 Å². The van der Waals surface area contributed by atoms with Gasteiger partial charge in [0.2, 0.25) is 0 Å². The highest BCUT2D eigenvalue weighted by Gasteiger charge is 2.39. The van der Waals surface area contributed by atoms with Crippen molar-refractivity contribution < 1.29 is 13.3 Å². The molecule has 3 aromatic heterocycles. The van der Waals surface area contributed by atoms with Crippen LogP contribution in [0.25, 0.3) is 154 Å². The van der Waals surface area contributed by atoms with E-state index in [0.29, 0.717) is 0 Å². The van der Waals surface area contributed by atoms with Crippen LogP contribution in [-0.2, 0) is 10.8 Å². The summed E-state index contributed by atoms with van der Waals surface area (Å²) >= 11 is 0. The number of hydrogen-bond acceptors (Lipinski definition) is 5. The summed E-state index contributed by atoms with van der Waals surface area (Å²) in [5, 5.41) is 13.3. The standard InChI is InChI=1S/C96H64N2O3/c1-95(2)81-31-16-14-29-73(81)75-44-38-67(54-83(75)95)98(68-40-46-78-77-30-15-17-32-87(77)99-88(78)56-68)86-50-48-70(90-80-43-35-60-23-11-13-28-72(60)92(80)101-94(86)90)64-26-18-25-61(51-64)63-36-41-74-76-45-39-66(55-84(76)96(3,4)82(74)53-63)97(65-37-33-57-19-8-9-24-62(57)52-65)85-49-47-69(58-20-6-5-7-21-58)89-79-42-34-59-22-10-12-27-71(59)91(79)100-93(85)89/h5-56H,1-4H3. The van der Waals surface area contributed by atoms with Crippen LogP contribution >= 0.6 is 0 Å². The van der Waals surface area contributed by atoms with Crippen molar-refractivity contribution in [2.24, 2.45) is 0 Å². The van der Waals surface area contributed by atoms with Crippen molar-refractivity contribution in [1.29, 1.82) is 0 Å². The zero-order valence-corrected chi connectivity index (χ0v) is 56.1. The monoisotopic (exact) mass is 1290 g/mol. The quantitative estimate of drug-likeness (QED) is 0.144. The molecule has 476 valence electrons. The van der Waals surface area contributed by atoms with E-state index in [1.807, 2.05) is 6.07 Å². The number of fused-ring (bicyclic) bond motifs is 20. The Kier molecular flexibility index (Phi) is 12.2. The average Bonchev–Trinajstić information content (AvgIpc) is 1.60. The van der Waals surface area contributed by atoms with Crippen molar-refractivity contribution in [2.75, 3.05) is 9.80 Å². The summed E-state index contributed by atoms with van der Waals surface area (Å²) in [4.78, 5) is 4.81. The summed E-state index contributed by atoms with van der Waals surface area (Å²) in [6.07, 6.45) is 0. The molecule has 5 heteroatoms. The van der Waals surface area contributed by atoms with Gasteiger partial charge in [-0.1, -0.05) is 246 Å². The third-order valence-electron chi connectivity index (χ3n) is 22.4. The van der Waals surface area contributed by atoms with E-state index in [-0.39, 0.29) is 10.8 Å². The molecule has 0 unspecified atom stereocenters. The van der Waals surface area contributed by atoms with Crippen LogP contribution in [0.4, 0.5) is 34.1 Å². The van der Waals surface area contributed by atoms with E-state index >= 15 is 0 Å². The van der Waals surface area contributed by atoms with Crippen LogP contribution in [0.15, 0.2) is 329 Å². The zero-order chi connectivity index (χ0) is 67.0. The molecule has 19 aromatic rings. The number of rotatable bonds is 9. The summed E-state index contributed by atoms with van der Waals surface area (Å²) in [7, 11) is 0. The Morgan fingerprint density at radius 1 is 0.228 bits per heavy atom. The molecule has 0 saturated heterocycles. The van der Waals surface area contributed by atoms with E-state index in [1.54, 1.807) is 0 Å². The van der Waals surface area contributed by atoms with Crippen molar-refractivity contribution >= 4 is 132 Å². The lowest BCUT2D eigenvalue weighted by Crippen LogP contribution is -2.17. The first-order valence-corrected chi connectivity index (χ1v) is 35.0. The highest BCUT2D eigenvalue weighted by atomic mass is 16.3. The van der Waals surface area contributed by atoms with Crippen LogP contribution in [0, 0.1) is 0 Å². The Morgan fingerprint density at radius 3 is 1.34 bits per heavy atom. The van der Waals surface area contributed by atoms with E-state index in [2.05, 4.69) is 347 Å². The Labute approximate surface area is 583 Å². The SMILES string of the molecule is CC1(C)c2ccccc2-c2ccc(N(c3ccc4c(c3)oc3ccccc34)c3ccc(-c4cccc(-c5ccc6c(c5)C(C)(C)c5cc(N(c7ccc8ccccc8c7)c7ccc(-c8ccccc8)c8c7oc7c9ccccc9ccc78)ccc5-6)c4)c4c3oc3c5ccccc5ccc34)cc21. The zero-order valence-electron chi connectivity index (χ0n) is 56.1. The Hall–Kier alpha value is -12.7. The Morgan fingerprint density at radius 2 is 0.663 bits per heavy atom. The van der Waals surface area contributed by atoms with Crippen LogP contribution < -0.4 is 9.80 Å². The van der Waals surface area contributed by atoms with Gasteiger partial charge >= 0.3 is 0 Å². The Bertz CT molecular complexity index is 6740. The predicted octanol–water partition coefficient (Wildman–Crippen LogP) is 27.4. The van der Waals surface area contributed by atoms with E-state index < -0.39 is 0 Å². The minimum atomic E-state index is -0.367. The summed E-state index contributed by atoms with van der Waals surface area (Å²) in [6.45, 7) is 9.49. The molecule has 0 spiro atoms. The van der Waals surface area contributed by atoms with Gasteiger partial charge in [0.15, 0.2) is 11.2 Å². The first-order chi connectivity index (χ1) is 49.6. The molecule has 3 heterocycles. The molecule has 2 aliphatic rings. The van der Waals surface area contributed by atoms with E-state index in [1.165, 1.54) is 55.3 Å². The van der Waals surface area contributed by atoms with E-state index in [0.717, 1.165) is 155 Å². The summed E-state index contributed by atoms with van der Waals surface area (Å²) in [6, 6.07) is 116. The van der Waals surface area contributed by atoms with Crippen molar-refractivity contribution in [3.05, 3.63) is 338 Å². The molecule has 0 aliphatic heterocycles. The number of furan rings is 3. The predicted molar refractivity (Wildman–Crippen MR) is 422 cm³/mol. The molecule has 21 rings (SSSR count). The van der Waals surface area contributed by atoms with Gasteiger partial charge in [0.05, 0.1) is 17.1 Å². The average molecular weight is 1290 g/mol. The minimum absolute atomic E-state index is 0.222. The normalized spacial score (nSPS) is 13.5. The molecule has 0 bridgehead atoms. The second-order valence-corrected chi connectivity index (χ2v) is 28.6. The first kappa shape index (κ1) is 57.4. The molecular formula is C96H64N2O3. The largest absolute Gasteiger partial charge is 0.456 e. The second kappa shape index (κ2) is 21.4. The van der Waals surface area contributed by atoms with Gasteiger partial charge in [0.25, 0.3) is 0 Å². The highest BCUT2D eigenvalue weighted by Crippen LogP contribution is 2.56. The molecule has 0 fully saturated rings. The topological polar surface area (TPSA) is 45.9 Å². The van der Waals surface area contributed by atoms with Crippen molar-refractivity contribution in [1.82, 2.24) is 0 Å². The number of para-hydroxylation sites is 1. The first-order valence-electron chi connectivity index (χ1n) is 35.0. The molecule has 0 saturated carbocycles. The second-order valence-electron chi connectivity index (χ2n) is 28.6. The highest BCUT2D eigenvalue weighted by molar-refractivity contribution is 6.24. The summed E-state index contributed by atoms with van der Waals surface area (Å²) in [5.74, 6) is 0. The van der Waals surface area contributed by atoms with Gasteiger partial charge in [0, 0.05) is 77.0 Å². The Balaban J connectivity index is 0.701. The van der Waals surface area contributed by atoms with Gasteiger partial charge in [-0.15, -0.1) is 0 Å². The maximum Gasteiger partial charge on any atom is 0.160 e. The summed E-state index contributed by atoms with van der Waals surface area (Å²) in [5.41, 5.74) is 27.6. The molecule has 0 radical (unpaired) electrons. The maximum atomic E-state index is 7.51. The molecule has 0 atom stereocenters. The van der Waals surface area contributed by atoms with Crippen LogP contribution in [0.1, 0.15) is 49.9 Å².